The van der Waals surface area contributed by atoms with Crippen molar-refractivity contribution >= 4 is 35.9 Å². The Morgan fingerprint density at radius 1 is 0.913 bits per heavy atom. The summed E-state index contributed by atoms with van der Waals surface area (Å²) in [4.78, 5) is 56.0. The van der Waals surface area contributed by atoms with Crippen molar-refractivity contribution in [1.29, 1.82) is 5.41 Å². The van der Waals surface area contributed by atoms with Gasteiger partial charge in [0.25, 0.3) is 0 Å². The van der Waals surface area contributed by atoms with Gasteiger partial charge < -0.3 is 37.1 Å². The first-order chi connectivity index (χ1) is 21.9. The van der Waals surface area contributed by atoms with Crippen LogP contribution in [-0.2, 0) is 25.7 Å². The van der Waals surface area contributed by atoms with Crippen molar-refractivity contribution in [3.8, 4) is 0 Å². The van der Waals surface area contributed by atoms with Gasteiger partial charge in [-0.2, -0.15) is 0 Å². The predicted molar refractivity (Wildman–Crippen MR) is 177 cm³/mol. The van der Waals surface area contributed by atoms with Crippen LogP contribution in [0.25, 0.3) is 6.08 Å². The second kappa shape index (κ2) is 20.2. The number of benzene rings is 1. The minimum absolute atomic E-state index is 0.0218. The number of hydrogen-bond donors (Lipinski definition) is 7. The Morgan fingerprint density at radius 3 is 2.22 bits per heavy atom. The molecule has 1 heterocycles. The third-order valence-corrected chi connectivity index (χ3v) is 6.91. The Morgan fingerprint density at radius 2 is 1.59 bits per heavy atom. The molecule has 46 heavy (non-hydrogen) atoms. The summed E-state index contributed by atoms with van der Waals surface area (Å²) < 4.78 is 5.32. The molecule has 0 fully saturated rings. The molecule has 2 aromatic rings. The predicted octanol–water partition coefficient (Wildman–Crippen LogP) is 2.44. The largest absolute Gasteiger partial charge is 0.445 e. The molecule has 13 nitrogen and oxygen atoms in total. The summed E-state index contributed by atoms with van der Waals surface area (Å²) in [5, 5.41) is 21.2. The zero-order chi connectivity index (χ0) is 33.9. The van der Waals surface area contributed by atoms with Crippen LogP contribution in [0, 0.1) is 17.2 Å². The quantitative estimate of drug-likeness (QED) is 0.0560. The van der Waals surface area contributed by atoms with E-state index in [0.717, 1.165) is 11.1 Å². The topological polar surface area (TPSA) is 200 Å². The van der Waals surface area contributed by atoms with Crippen LogP contribution in [0.4, 0.5) is 4.79 Å². The molecule has 1 aromatic heterocycles. The standard InChI is InChI=1S/C33H48N8O5/c1-22(2)19-27(31(44)40-28(23(3)4)20-38-29(42)13-12-24-14-17-36-18-15-24)39-30(43)26(11-8-16-37-32(34)35)41-33(45)46-21-25-9-6-5-7-10-25/h5-7,9-10,12-15,17-18,22-23,26-28H,8,11,16,19-21H2,1-4H3,(H,38,42)(H,39,43)(H,40,44)(H,41,45)(H4,34,35,37)/b13-12+. The molecule has 0 aliphatic rings. The molecule has 0 bridgehead atoms. The maximum Gasteiger partial charge on any atom is 0.408 e. The summed E-state index contributed by atoms with van der Waals surface area (Å²) >= 11 is 0. The molecule has 13 heteroatoms. The number of ether oxygens (including phenoxy) is 1. The number of aromatic nitrogens is 1. The Balaban J connectivity index is 2.06. The van der Waals surface area contributed by atoms with Crippen LogP contribution in [0.3, 0.4) is 0 Å². The van der Waals surface area contributed by atoms with E-state index in [2.05, 4.69) is 31.6 Å². The summed E-state index contributed by atoms with van der Waals surface area (Å²) in [5.41, 5.74) is 6.98. The molecule has 0 spiro atoms. The van der Waals surface area contributed by atoms with Crippen LogP contribution in [0.1, 0.15) is 58.1 Å². The average molecular weight is 637 g/mol. The smallest absolute Gasteiger partial charge is 0.408 e. The number of nitrogens with zero attached hydrogens (tertiary/aromatic N) is 1. The van der Waals surface area contributed by atoms with Crippen LogP contribution in [0.5, 0.6) is 0 Å². The molecule has 0 radical (unpaired) electrons. The number of pyridine rings is 1. The van der Waals surface area contributed by atoms with Gasteiger partial charge in [-0.05, 0) is 60.4 Å². The average Bonchev–Trinajstić information content (AvgIpc) is 3.02. The van der Waals surface area contributed by atoms with Crippen molar-refractivity contribution in [1.82, 2.24) is 31.6 Å². The molecule has 1 aromatic carbocycles. The number of nitrogens with two attached hydrogens (primary N) is 1. The molecule has 0 saturated carbocycles. The SMILES string of the molecule is CC(C)CC(NC(=O)C(CCCNC(=N)N)NC(=O)OCc1ccccc1)C(=O)NC(CNC(=O)/C=C/c1ccncc1)C(C)C. The van der Waals surface area contributed by atoms with E-state index in [1.165, 1.54) is 6.08 Å². The Bertz CT molecular complexity index is 1290. The van der Waals surface area contributed by atoms with Gasteiger partial charge in [0.15, 0.2) is 5.96 Å². The fourth-order valence-electron chi connectivity index (χ4n) is 4.33. The first-order valence-corrected chi connectivity index (χ1v) is 15.5. The first kappa shape index (κ1) is 37.2. The molecule has 8 N–H and O–H groups in total. The lowest BCUT2D eigenvalue weighted by atomic mass is 9.99. The number of rotatable bonds is 18. The zero-order valence-corrected chi connectivity index (χ0v) is 27.0. The van der Waals surface area contributed by atoms with Crippen molar-refractivity contribution in [3.05, 3.63) is 72.1 Å². The van der Waals surface area contributed by atoms with Crippen LogP contribution in [-0.4, -0.2) is 66.0 Å². The Kier molecular flexibility index (Phi) is 16.3. The highest BCUT2D eigenvalue weighted by Gasteiger charge is 2.29. The molecule has 0 aliphatic heterocycles. The van der Waals surface area contributed by atoms with Crippen molar-refractivity contribution in [2.75, 3.05) is 13.1 Å². The minimum atomic E-state index is -1.01. The lowest BCUT2D eigenvalue weighted by molar-refractivity contribution is -0.131. The van der Waals surface area contributed by atoms with Crippen molar-refractivity contribution in [2.45, 2.75) is 71.7 Å². The first-order valence-electron chi connectivity index (χ1n) is 15.5. The number of carbonyl (C=O) groups excluding carboxylic acids is 4. The van der Waals surface area contributed by atoms with Crippen LogP contribution in [0.2, 0.25) is 0 Å². The van der Waals surface area contributed by atoms with E-state index in [0.29, 0.717) is 19.4 Å². The van der Waals surface area contributed by atoms with Crippen molar-refractivity contribution in [3.63, 3.8) is 0 Å². The molecule has 0 saturated heterocycles. The zero-order valence-electron chi connectivity index (χ0n) is 27.0. The lowest BCUT2D eigenvalue weighted by Gasteiger charge is -2.28. The van der Waals surface area contributed by atoms with Gasteiger partial charge in [-0.15, -0.1) is 0 Å². The third kappa shape index (κ3) is 15.2. The van der Waals surface area contributed by atoms with Gasteiger partial charge >= 0.3 is 6.09 Å². The number of amides is 4. The highest BCUT2D eigenvalue weighted by molar-refractivity contribution is 5.92. The monoisotopic (exact) mass is 636 g/mol. The van der Waals surface area contributed by atoms with Gasteiger partial charge in [0.1, 0.15) is 18.7 Å². The van der Waals surface area contributed by atoms with E-state index >= 15 is 0 Å². The number of carbonyl (C=O) groups is 4. The molecule has 3 unspecified atom stereocenters. The minimum Gasteiger partial charge on any atom is -0.445 e. The van der Waals surface area contributed by atoms with E-state index in [4.69, 9.17) is 15.9 Å². The van der Waals surface area contributed by atoms with Crippen LogP contribution >= 0.6 is 0 Å². The fraction of sp³-hybridized carbons (Fsp3) is 0.455. The van der Waals surface area contributed by atoms with E-state index in [1.807, 2.05) is 58.0 Å². The van der Waals surface area contributed by atoms with Crippen LogP contribution in [0.15, 0.2) is 60.9 Å². The van der Waals surface area contributed by atoms with E-state index in [9.17, 15) is 19.2 Å². The van der Waals surface area contributed by atoms with Gasteiger partial charge in [0, 0.05) is 37.6 Å². The Labute approximate surface area is 271 Å². The molecule has 3 atom stereocenters. The van der Waals surface area contributed by atoms with Gasteiger partial charge in [-0.3, -0.25) is 24.8 Å². The number of guanidine groups is 1. The highest BCUT2D eigenvalue weighted by atomic mass is 16.5. The highest BCUT2D eigenvalue weighted by Crippen LogP contribution is 2.10. The molecule has 4 amide bonds. The number of alkyl carbamates (subject to hydrolysis) is 1. The summed E-state index contributed by atoms with van der Waals surface area (Å²) in [7, 11) is 0. The molecule has 0 aliphatic carbocycles. The number of nitrogens with one attached hydrogen (secondary N) is 6. The van der Waals surface area contributed by atoms with E-state index in [1.54, 1.807) is 30.6 Å². The fourth-order valence-corrected chi connectivity index (χ4v) is 4.33. The summed E-state index contributed by atoms with van der Waals surface area (Å²) in [6.45, 7) is 8.25. The maximum absolute atomic E-state index is 13.5. The summed E-state index contributed by atoms with van der Waals surface area (Å²) in [6, 6.07) is 10.4. The molecule has 2 rings (SSSR count). The maximum atomic E-state index is 13.5. The van der Waals surface area contributed by atoms with E-state index in [-0.39, 0.29) is 43.3 Å². The molecule has 250 valence electrons. The molecular weight excluding hydrogens is 588 g/mol. The van der Waals surface area contributed by atoms with Crippen molar-refractivity contribution in [2.24, 2.45) is 17.6 Å². The second-order valence-corrected chi connectivity index (χ2v) is 11.7. The van der Waals surface area contributed by atoms with Gasteiger partial charge in [-0.25, -0.2) is 4.79 Å². The second-order valence-electron chi connectivity index (χ2n) is 11.7. The van der Waals surface area contributed by atoms with Gasteiger partial charge in [0.2, 0.25) is 17.7 Å². The Hall–Kier alpha value is -4.94. The normalized spacial score (nSPS) is 13.0. The van der Waals surface area contributed by atoms with Gasteiger partial charge in [-0.1, -0.05) is 58.0 Å². The lowest BCUT2D eigenvalue weighted by Crippen LogP contribution is -2.57. The molecular formula is C33H48N8O5. The third-order valence-electron chi connectivity index (χ3n) is 6.91. The van der Waals surface area contributed by atoms with Crippen molar-refractivity contribution < 1.29 is 23.9 Å². The van der Waals surface area contributed by atoms with Gasteiger partial charge in [0.05, 0.1) is 0 Å². The van der Waals surface area contributed by atoms with E-state index < -0.39 is 36.0 Å². The summed E-state index contributed by atoms with van der Waals surface area (Å²) in [6.07, 6.45) is 6.54. The summed E-state index contributed by atoms with van der Waals surface area (Å²) in [5.74, 6) is -1.41. The van der Waals surface area contributed by atoms with Crippen LogP contribution < -0.4 is 32.3 Å². The number of hydrogen-bond acceptors (Lipinski definition) is 7.